The van der Waals surface area contributed by atoms with E-state index in [0.717, 1.165) is 43.3 Å². The number of benzene rings is 1. The van der Waals surface area contributed by atoms with Gasteiger partial charge in [0.1, 0.15) is 10.7 Å². The first-order chi connectivity index (χ1) is 13.9. The van der Waals surface area contributed by atoms with Gasteiger partial charge in [0.05, 0.1) is 35.6 Å². The molecule has 2 aliphatic heterocycles. The van der Waals surface area contributed by atoms with Crippen molar-refractivity contribution in [3.63, 3.8) is 0 Å². The number of rotatable bonds is 4. The topological polar surface area (TPSA) is 84.5 Å². The third-order valence-electron chi connectivity index (χ3n) is 5.99. The Morgan fingerprint density at radius 2 is 2.00 bits per heavy atom. The van der Waals surface area contributed by atoms with Crippen LogP contribution < -0.4 is 10.6 Å². The number of aromatic nitrogens is 2. The first kappa shape index (κ1) is 26.9. The second-order valence-electron chi connectivity index (χ2n) is 7.68. The molecule has 3 N–H and O–H groups in total. The SMILES string of the molecule is C[C@@H]1OCC2(CCN(c3ncc(Sc4cccc(Cl)c4Cl)nc3CO)CC2)[C@@H]1N.S.S. The molecule has 2 fully saturated rings. The van der Waals surface area contributed by atoms with Gasteiger partial charge in [-0.3, -0.25) is 0 Å². The summed E-state index contributed by atoms with van der Waals surface area (Å²) in [5.74, 6) is 0.726. The molecule has 172 valence electrons. The Bertz CT molecular complexity index is 901. The summed E-state index contributed by atoms with van der Waals surface area (Å²) in [5.41, 5.74) is 7.01. The van der Waals surface area contributed by atoms with Crippen LogP contribution in [0.4, 0.5) is 5.82 Å². The van der Waals surface area contributed by atoms with E-state index in [4.69, 9.17) is 33.7 Å². The lowest BCUT2D eigenvalue weighted by molar-refractivity contribution is 0.0973. The van der Waals surface area contributed by atoms with Crippen LogP contribution in [0.1, 0.15) is 25.5 Å². The number of nitrogens with two attached hydrogens (primary N) is 1. The van der Waals surface area contributed by atoms with Crippen LogP contribution in [-0.2, 0) is 11.3 Å². The molecule has 0 radical (unpaired) electrons. The highest BCUT2D eigenvalue weighted by Crippen LogP contribution is 2.42. The van der Waals surface area contributed by atoms with Gasteiger partial charge in [-0.2, -0.15) is 27.0 Å². The Morgan fingerprint density at radius 1 is 1.29 bits per heavy atom. The van der Waals surface area contributed by atoms with Gasteiger partial charge in [0.15, 0.2) is 5.82 Å². The number of hydrogen-bond donors (Lipinski definition) is 2. The van der Waals surface area contributed by atoms with E-state index < -0.39 is 0 Å². The summed E-state index contributed by atoms with van der Waals surface area (Å²) < 4.78 is 5.80. The van der Waals surface area contributed by atoms with Gasteiger partial charge in [0.2, 0.25) is 0 Å². The fourth-order valence-electron chi connectivity index (χ4n) is 4.13. The normalized spacial score (nSPS) is 22.2. The number of nitrogens with zero attached hydrogens (tertiary/aromatic N) is 3. The molecular formula is C20H28Cl2N4O2S3. The van der Waals surface area contributed by atoms with Crippen LogP contribution in [0.25, 0.3) is 0 Å². The highest BCUT2D eigenvalue weighted by molar-refractivity contribution is 7.99. The predicted octanol–water partition coefficient (Wildman–Crippen LogP) is 3.99. The van der Waals surface area contributed by atoms with E-state index in [0.29, 0.717) is 20.8 Å². The predicted molar refractivity (Wildman–Crippen MR) is 137 cm³/mol. The smallest absolute Gasteiger partial charge is 0.152 e. The summed E-state index contributed by atoms with van der Waals surface area (Å²) in [7, 11) is 0. The van der Waals surface area contributed by atoms with Crippen molar-refractivity contribution in [1.82, 2.24) is 9.97 Å². The maximum atomic E-state index is 9.89. The second kappa shape index (κ2) is 11.2. The molecule has 0 bridgehead atoms. The molecule has 0 amide bonds. The third-order valence-corrected chi connectivity index (χ3v) is 7.88. The number of ether oxygens (including phenoxy) is 1. The average molecular weight is 524 g/mol. The van der Waals surface area contributed by atoms with Crippen molar-refractivity contribution < 1.29 is 9.84 Å². The van der Waals surface area contributed by atoms with Gasteiger partial charge < -0.3 is 20.5 Å². The number of hydrogen-bond acceptors (Lipinski definition) is 7. The van der Waals surface area contributed by atoms with Gasteiger partial charge in [-0.1, -0.05) is 41.0 Å². The molecule has 0 aliphatic carbocycles. The zero-order valence-electron chi connectivity index (χ0n) is 17.1. The van der Waals surface area contributed by atoms with Crippen LogP contribution in [0.3, 0.4) is 0 Å². The van der Waals surface area contributed by atoms with Crippen LogP contribution in [0.2, 0.25) is 10.0 Å². The zero-order chi connectivity index (χ0) is 20.6. The summed E-state index contributed by atoms with van der Waals surface area (Å²) in [6, 6.07) is 5.53. The van der Waals surface area contributed by atoms with E-state index in [1.807, 2.05) is 19.1 Å². The van der Waals surface area contributed by atoms with Crippen molar-refractivity contribution in [1.29, 1.82) is 0 Å². The second-order valence-corrected chi connectivity index (χ2v) is 9.53. The fraction of sp³-hybridized carbons (Fsp3) is 0.500. The number of anilines is 1. The molecule has 6 nitrogen and oxygen atoms in total. The maximum Gasteiger partial charge on any atom is 0.152 e. The average Bonchev–Trinajstić information content (AvgIpc) is 3.01. The fourth-order valence-corrected chi connectivity index (χ4v) is 5.44. The van der Waals surface area contributed by atoms with Gasteiger partial charge in [0, 0.05) is 29.4 Å². The van der Waals surface area contributed by atoms with Crippen LogP contribution in [-0.4, -0.2) is 46.9 Å². The third kappa shape index (κ3) is 5.41. The minimum Gasteiger partial charge on any atom is -0.390 e. The monoisotopic (exact) mass is 522 g/mol. The van der Waals surface area contributed by atoms with Gasteiger partial charge in [-0.05, 0) is 31.9 Å². The summed E-state index contributed by atoms with van der Waals surface area (Å²) >= 11 is 13.7. The first-order valence-electron chi connectivity index (χ1n) is 9.64. The van der Waals surface area contributed by atoms with Gasteiger partial charge in [-0.25, -0.2) is 9.97 Å². The molecule has 0 saturated carbocycles. The van der Waals surface area contributed by atoms with Crippen molar-refractivity contribution in [2.75, 3.05) is 24.6 Å². The van der Waals surface area contributed by atoms with Crippen molar-refractivity contribution in [2.24, 2.45) is 11.1 Å². The summed E-state index contributed by atoms with van der Waals surface area (Å²) in [4.78, 5) is 12.2. The molecule has 2 atom stereocenters. The number of aliphatic hydroxyl groups is 1. The Balaban J connectivity index is 0.00000171. The van der Waals surface area contributed by atoms with E-state index >= 15 is 0 Å². The number of piperidine rings is 1. The molecule has 1 aromatic carbocycles. The van der Waals surface area contributed by atoms with E-state index in [1.54, 1.807) is 12.3 Å². The van der Waals surface area contributed by atoms with Crippen LogP contribution in [0.15, 0.2) is 34.3 Å². The van der Waals surface area contributed by atoms with Crippen molar-refractivity contribution in [2.45, 2.75) is 48.4 Å². The Kier molecular flexibility index (Phi) is 9.67. The molecule has 2 aliphatic rings. The Labute approximate surface area is 211 Å². The van der Waals surface area contributed by atoms with E-state index in [9.17, 15) is 5.11 Å². The molecule has 1 spiro atoms. The highest BCUT2D eigenvalue weighted by Gasteiger charge is 2.47. The number of halogens is 2. The molecular weight excluding hydrogens is 495 g/mol. The lowest BCUT2D eigenvalue weighted by Crippen LogP contribution is -2.51. The summed E-state index contributed by atoms with van der Waals surface area (Å²) in [6.07, 6.45) is 3.70. The minimum atomic E-state index is -0.179. The van der Waals surface area contributed by atoms with Crippen molar-refractivity contribution in [3.05, 3.63) is 40.1 Å². The van der Waals surface area contributed by atoms with Crippen molar-refractivity contribution >= 4 is 67.8 Å². The quantitative estimate of drug-likeness (QED) is 0.627. The molecule has 11 heteroatoms. The Hall–Kier alpha value is -0.390. The van der Waals surface area contributed by atoms with Crippen LogP contribution >= 0.6 is 62.0 Å². The molecule has 0 unspecified atom stereocenters. The number of aliphatic hydroxyl groups excluding tert-OH is 1. The standard InChI is InChI=1S/C20H24Cl2N4O2S.2H2S/c1-12-18(23)20(11-28-12)5-7-26(8-6-20)19-14(10-27)25-16(9-24-19)29-15-4-2-3-13(21)17(15)22;;/h2-4,9,12,18,27H,5-8,10-11,23H2,1H3;2*1H2/t12-,18+;;/m0../s1. The molecule has 2 aromatic rings. The maximum absolute atomic E-state index is 9.89. The van der Waals surface area contributed by atoms with Gasteiger partial charge in [0.25, 0.3) is 0 Å². The van der Waals surface area contributed by atoms with Crippen LogP contribution in [0.5, 0.6) is 0 Å². The molecule has 1 aromatic heterocycles. The van der Waals surface area contributed by atoms with E-state index in [1.165, 1.54) is 11.8 Å². The lowest BCUT2D eigenvalue weighted by atomic mass is 9.73. The van der Waals surface area contributed by atoms with E-state index in [2.05, 4.69) is 14.9 Å². The van der Waals surface area contributed by atoms with Gasteiger partial charge >= 0.3 is 0 Å². The Morgan fingerprint density at radius 3 is 2.61 bits per heavy atom. The largest absolute Gasteiger partial charge is 0.390 e. The summed E-state index contributed by atoms with van der Waals surface area (Å²) in [5, 5.41) is 11.5. The summed E-state index contributed by atoms with van der Waals surface area (Å²) in [6.45, 7) is 4.22. The lowest BCUT2D eigenvalue weighted by Gasteiger charge is -2.41. The zero-order valence-corrected chi connectivity index (χ0v) is 21.5. The molecule has 31 heavy (non-hydrogen) atoms. The van der Waals surface area contributed by atoms with Gasteiger partial charge in [-0.15, -0.1) is 0 Å². The van der Waals surface area contributed by atoms with Crippen molar-refractivity contribution in [3.8, 4) is 0 Å². The molecule has 2 saturated heterocycles. The molecule has 3 heterocycles. The van der Waals surface area contributed by atoms with E-state index in [-0.39, 0.29) is 51.2 Å². The van der Waals surface area contributed by atoms with Crippen LogP contribution in [0, 0.1) is 5.41 Å². The highest BCUT2D eigenvalue weighted by atomic mass is 35.5. The minimum absolute atomic E-state index is 0. The first-order valence-corrected chi connectivity index (χ1v) is 11.2. The molecule has 4 rings (SSSR count).